The van der Waals surface area contributed by atoms with Crippen molar-refractivity contribution in [3.05, 3.63) is 255 Å². The molecule has 0 unspecified atom stereocenters. The van der Waals surface area contributed by atoms with Gasteiger partial charge in [0, 0.05) is 39.6 Å². The van der Waals surface area contributed by atoms with Crippen LogP contribution >= 0.6 is 0 Å². The van der Waals surface area contributed by atoms with E-state index in [-0.39, 0.29) is 0 Å². The Bertz CT molecular complexity index is 3820. The maximum Gasteiger partial charge on any atom is 0.0620 e. The SMILES string of the molecule is c1ccc(-c2c3c4ccccc4c4ccccc4c3n3cc(-c4ccc(N(c5ccc(-c6cccc7ccccc67)cc5)c5ccc(-c6cccc7ccccc67)cc5)cc4)ccc23)cc1. The maximum absolute atomic E-state index is 2.44. The zero-order chi connectivity index (χ0) is 43.6. The molecule has 308 valence electrons. The predicted octanol–water partition coefficient (Wildman–Crippen LogP) is 17.8. The fourth-order valence-corrected chi connectivity index (χ4v) is 10.5. The summed E-state index contributed by atoms with van der Waals surface area (Å²) in [6.45, 7) is 0. The van der Waals surface area contributed by atoms with E-state index in [0.717, 1.165) is 28.2 Å². The van der Waals surface area contributed by atoms with Crippen molar-refractivity contribution in [2.75, 3.05) is 4.90 Å². The molecule has 0 atom stereocenters. The molecule has 2 heteroatoms. The smallest absolute Gasteiger partial charge is 0.0620 e. The fraction of sp³-hybridized carbons (Fsp3) is 0. The Morgan fingerprint density at radius 1 is 0.273 bits per heavy atom. The van der Waals surface area contributed by atoms with Gasteiger partial charge < -0.3 is 9.30 Å². The number of rotatable bonds is 7. The van der Waals surface area contributed by atoms with Crippen molar-refractivity contribution in [2.24, 2.45) is 0 Å². The van der Waals surface area contributed by atoms with Crippen LogP contribution in [0.5, 0.6) is 0 Å². The monoisotopic (exact) mass is 838 g/mol. The summed E-state index contributed by atoms with van der Waals surface area (Å²) < 4.78 is 2.44. The Morgan fingerprint density at radius 2 is 0.697 bits per heavy atom. The van der Waals surface area contributed by atoms with Gasteiger partial charge in [-0.1, -0.05) is 206 Å². The molecule has 11 aromatic carbocycles. The summed E-state index contributed by atoms with van der Waals surface area (Å²) in [4.78, 5) is 2.37. The summed E-state index contributed by atoms with van der Waals surface area (Å²) in [5.74, 6) is 0. The van der Waals surface area contributed by atoms with Crippen molar-refractivity contribution < 1.29 is 0 Å². The molecule has 0 bridgehead atoms. The second kappa shape index (κ2) is 15.5. The molecule has 0 aliphatic rings. The lowest BCUT2D eigenvalue weighted by atomic mass is 9.94. The largest absolute Gasteiger partial charge is 0.315 e. The van der Waals surface area contributed by atoms with Crippen molar-refractivity contribution in [1.29, 1.82) is 0 Å². The Morgan fingerprint density at radius 3 is 1.26 bits per heavy atom. The van der Waals surface area contributed by atoms with Gasteiger partial charge >= 0.3 is 0 Å². The van der Waals surface area contributed by atoms with E-state index in [0.29, 0.717) is 0 Å². The molecule has 2 nitrogen and oxygen atoms in total. The minimum Gasteiger partial charge on any atom is -0.315 e. The summed E-state index contributed by atoms with van der Waals surface area (Å²) in [5, 5.41) is 11.4. The molecule has 0 aliphatic heterocycles. The van der Waals surface area contributed by atoms with Crippen molar-refractivity contribution in [3.63, 3.8) is 0 Å². The number of nitrogens with zero attached hydrogens (tertiary/aromatic N) is 2. The van der Waals surface area contributed by atoms with Crippen molar-refractivity contribution >= 4 is 76.6 Å². The number of benzene rings is 11. The highest BCUT2D eigenvalue weighted by Gasteiger charge is 2.21. The van der Waals surface area contributed by atoms with Crippen LogP contribution < -0.4 is 4.90 Å². The van der Waals surface area contributed by atoms with Gasteiger partial charge in [-0.15, -0.1) is 0 Å². The summed E-state index contributed by atoms with van der Waals surface area (Å²) in [6.07, 6.45) is 2.34. The Balaban J connectivity index is 0.938. The van der Waals surface area contributed by atoms with Gasteiger partial charge in [0.1, 0.15) is 0 Å². The van der Waals surface area contributed by atoms with E-state index in [1.165, 1.54) is 92.9 Å². The van der Waals surface area contributed by atoms with Gasteiger partial charge in [0.2, 0.25) is 0 Å². The third-order valence-corrected chi connectivity index (χ3v) is 13.6. The first-order chi connectivity index (χ1) is 32.7. The lowest BCUT2D eigenvalue weighted by Gasteiger charge is -2.26. The van der Waals surface area contributed by atoms with Crippen LogP contribution in [0.3, 0.4) is 0 Å². The van der Waals surface area contributed by atoms with Gasteiger partial charge in [-0.3, -0.25) is 0 Å². The van der Waals surface area contributed by atoms with Gasteiger partial charge in [0.25, 0.3) is 0 Å². The normalized spacial score (nSPS) is 11.6. The van der Waals surface area contributed by atoms with Gasteiger partial charge in [-0.05, 0) is 119 Å². The van der Waals surface area contributed by atoms with Gasteiger partial charge in [0.05, 0.1) is 11.0 Å². The van der Waals surface area contributed by atoms with Gasteiger partial charge in [0.15, 0.2) is 0 Å². The summed E-state index contributed by atoms with van der Waals surface area (Å²) in [6, 6.07) is 90.8. The van der Waals surface area contributed by atoms with E-state index in [2.05, 4.69) is 264 Å². The number of aromatic nitrogens is 1. The minimum absolute atomic E-state index is 1.09. The molecular weight excluding hydrogens is 797 g/mol. The molecular formula is C64H42N2. The average molecular weight is 839 g/mol. The quantitative estimate of drug-likeness (QED) is 0.145. The molecule has 2 aromatic heterocycles. The third-order valence-electron chi connectivity index (χ3n) is 13.6. The minimum atomic E-state index is 1.09. The van der Waals surface area contributed by atoms with Crippen LogP contribution in [0.1, 0.15) is 0 Å². The molecule has 0 amide bonds. The second-order valence-corrected chi connectivity index (χ2v) is 17.3. The Labute approximate surface area is 383 Å². The van der Waals surface area contributed by atoms with E-state index in [4.69, 9.17) is 0 Å². The zero-order valence-corrected chi connectivity index (χ0v) is 36.1. The van der Waals surface area contributed by atoms with Crippen LogP contribution in [0.4, 0.5) is 17.1 Å². The van der Waals surface area contributed by atoms with Gasteiger partial charge in [-0.2, -0.15) is 0 Å². The van der Waals surface area contributed by atoms with E-state index in [1.807, 2.05) is 0 Å². The number of hydrogen-bond acceptors (Lipinski definition) is 1. The summed E-state index contributed by atoms with van der Waals surface area (Å²) in [5.41, 5.74) is 15.4. The number of anilines is 3. The van der Waals surface area contributed by atoms with Gasteiger partial charge in [-0.25, -0.2) is 0 Å². The standard InChI is InChI=1S/C64H42N2/c1-2-16-48(17-3-1)62-61-41-34-49(42-65(61)64-60-25-11-9-23-58(60)57-22-8-10-24-59(57)63(62)64)43-28-35-50(36-29-43)66(51-37-30-46(31-38-51)55-26-12-18-44-14-4-6-20-53(44)55)52-39-32-47(33-40-52)56-27-13-19-45-15-5-7-21-54(45)56/h1-42H. The number of pyridine rings is 1. The first-order valence-corrected chi connectivity index (χ1v) is 22.7. The molecule has 13 aromatic rings. The predicted molar refractivity (Wildman–Crippen MR) is 281 cm³/mol. The first kappa shape index (κ1) is 37.8. The van der Waals surface area contributed by atoms with Crippen LogP contribution in [0, 0.1) is 0 Å². The van der Waals surface area contributed by atoms with E-state index in [9.17, 15) is 0 Å². The highest BCUT2D eigenvalue weighted by molar-refractivity contribution is 6.30. The first-order valence-electron chi connectivity index (χ1n) is 22.7. The Kier molecular flexibility index (Phi) is 8.89. The molecule has 2 heterocycles. The van der Waals surface area contributed by atoms with Crippen LogP contribution in [-0.4, -0.2) is 4.40 Å². The molecule has 0 saturated carbocycles. The van der Waals surface area contributed by atoms with Crippen LogP contribution in [0.15, 0.2) is 255 Å². The summed E-state index contributed by atoms with van der Waals surface area (Å²) in [7, 11) is 0. The molecule has 0 spiro atoms. The Hall–Kier alpha value is -8.72. The van der Waals surface area contributed by atoms with Crippen LogP contribution in [0.25, 0.3) is 104 Å². The highest BCUT2D eigenvalue weighted by atomic mass is 15.1. The van der Waals surface area contributed by atoms with E-state index < -0.39 is 0 Å². The number of fused-ring (bicyclic) bond motifs is 10. The molecule has 0 aliphatic carbocycles. The molecule has 13 rings (SSSR count). The average Bonchev–Trinajstić information content (AvgIpc) is 3.74. The molecule has 66 heavy (non-hydrogen) atoms. The van der Waals surface area contributed by atoms with Crippen LogP contribution in [0.2, 0.25) is 0 Å². The second-order valence-electron chi connectivity index (χ2n) is 17.3. The summed E-state index contributed by atoms with van der Waals surface area (Å²) >= 11 is 0. The van der Waals surface area contributed by atoms with Crippen LogP contribution in [-0.2, 0) is 0 Å². The van der Waals surface area contributed by atoms with E-state index in [1.54, 1.807) is 0 Å². The highest BCUT2D eigenvalue weighted by Crippen LogP contribution is 2.45. The topological polar surface area (TPSA) is 7.65 Å². The molecule has 0 radical (unpaired) electrons. The lowest BCUT2D eigenvalue weighted by molar-refractivity contribution is 1.26. The van der Waals surface area contributed by atoms with Crippen molar-refractivity contribution in [2.45, 2.75) is 0 Å². The maximum atomic E-state index is 2.44. The van der Waals surface area contributed by atoms with Crippen molar-refractivity contribution in [3.8, 4) is 44.5 Å². The zero-order valence-electron chi connectivity index (χ0n) is 36.1. The lowest BCUT2D eigenvalue weighted by Crippen LogP contribution is -2.09. The molecule has 0 saturated heterocycles. The molecule has 0 fully saturated rings. The third kappa shape index (κ3) is 6.18. The van der Waals surface area contributed by atoms with E-state index >= 15 is 0 Å². The fourth-order valence-electron chi connectivity index (χ4n) is 10.5. The molecule has 0 N–H and O–H groups in total. The number of hydrogen-bond donors (Lipinski definition) is 0. The van der Waals surface area contributed by atoms with Crippen molar-refractivity contribution in [1.82, 2.24) is 4.40 Å².